The van der Waals surface area contributed by atoms with E-state index in [2.05, 4.69) is 12.2 Å². The molecule has 5 heteroatoms. The Hall–Kier alpha value is -0.650. The summed E-state index contributed by atoms with van der Waals surface area (Å²) in [6.07, 6.45) is 4.93. The van der Waals surface area contributed by atoms with Crippen molar-refractivity contribution in [2.45, 2.75) is 45.1 Å². The van der Waals surface area contributed by atoms with Gasteiger partial charge in [-0.2, -0.15) is 0 Å². The molecule has 20 heavy (non-hydrogen) atoms. The van der Waals surface area contributed by atoms with Crippen molar-refractivity contribution in [1.82, 2.24) is 5.32 Å². The third-order valence-electron chi connectivity index (χ3n) is 3.95. The summed E-state index contributed by atoms with van der Waals surface area (Å²) in [4.78, 5) is 12.1. The van der Waals surface area contributed by atoms with Crippen LogP contribution in [0.25, 0.3) is 0 Å². The Morgan fingerprint density at radius 2 is 2.05 bits per heavy atom. The lowest BCUT2D eigenvalue weighted by molar-refractivity contribution is -0.126. The highest BCUT2D eigenvalue weighted by molar-refractivity contribution is 5.79. The molecule has 1 amide bonds. The Kier molecular flexibility index (Phi) is 8.82. The predicted molar refractivity (Wildman–Crippen MR) is 79.4 cm³/mol. The van der Waals surface area contributed by atoms with Crippen molar-refractivity contribution < 1.29 is 14.3 Å². The summed E-state index contributed by atoms with van der Waals surface area (Å²) in [5.74, 6) is 0.737. The predicted octanol–water partition coefficient (Wildman–Crippen LogP) is 1.31. The lowest BCUT2D eigenvalue weighted by Crippen LogP contribution is -2.45. The van der Waals surface area contributed by atoms with Crippen LogP contribution in [0.2, 0.25) is 0 Å². The summed E-state index contributed by atoms with van der Waals surface area (Å²) in [5, 5.41) is 3.01. The minimum absolute atomic E-state index is 0.00305. The standard InChI is InChI=1S/C15H30N2O3/c1-12-5-6-14(16)13(11-12)15(18)17-7-3-4-8-20-10-9-19-2/h12-14H,3-11,16H2,1-2H3,(H,17,18). The van der Waals surface area contributed by atoms with Gasteiger partial charge in [0.05, 0.1) is 19.1 Å². The quantitative estimate of drug-likeness (QED) is 0.627. The van der Waals surface area contributed by atoms with Crippen LogP contribution in [0.4, 0.5) is 0 Å². The van der Waals surface area contributed by atoms with Gasteiger partial charge in [0.2, 0.25) is 5.91 Å². The molecular formula is C15H30N2O3. The lowest BCUT2D eigenvalue weighted by atomic mass is 9.79. The highest BCUT2D eigenvalue weighted by Crippen LogP contribution is 2.27. The number of rotatable bonds is 9. The Morgan fingerprint density at radius 3 is 2.80 bits per heavy atom. The van der Waals surface area contributed by atoms with Crippen molar-refractivity contribution >= 4 is 5.91 Å². The summed E-state index contributed by atoms with van der Waals surface area (Å²) in [6, 6.07) is 0.0311. The van der Waals surface area contributed by atoms with Gasteiger partial charge in [0, 0.05) is 26.3 Å². The van der Waals surface area contributed by atoms with Gasteiger partial charge in [-0.25, -0.2) is 0 Å². The van der Waals surface area contributed by atoms with Crippen LogP contribution in [0.1, 0.15) is 39.0 Å². The monoisotopic (exact) mass is 286 g/mol. The maximum atomic E-state index is 12.1. The van der Waals surface area contributed by atoms with Crippen LogP contribution >= 0.6 is 0 Å². The van der Waals surface area contributed by atoms with Gasteiger partial charge in [-0.15, -0.1) is 0 Å². The molecule has 0 saturated heterocycles. The third kappa shape index (κ3) is 6.68. The average molecular weight is 286 g/mol. The van der Waals surface area contributed by atoms with Gasteiger partial charge < -0.3 is 20.5 Å². The van der Waals surface area contributed by atoms with E-state index in [1.54, 1.807) is 7.11 Å². The van der Waals surface area contributed by atoms with Crippen LogP contribution in [0, 0.1) is 11.8 Å². The van der Waals surface area contributed by atoms with E-state index < -0.39 is 0 Å². The maximum absolute atomic E-state index is 12.1. The lowest BCUT2D eigenvalue weighted by Gasteiger charge is -2.31. The van der Waals surface area contributed by atoms with E-state index in [1.165, 1.54) is 0 Å². The zero-order chi connectivity index (χ0) is 14.8. The summed E-state index contributed by atoms with van der Waals surface area (Å²) < 4.78 is 10.3. The van der Waals surface area contributed by atoms with E-state index in [9.17, 15) is 4.79 Å². The first-order chi connectivity index (χ1) is 9.65. The first-order valence-corrected chi connectivity index (χ1v) is 7.75. The smallest absolute Gasteiger partial charge is 0.224 e. The molecule has 1 aliphatic rings. The molecule has 1 saturated carbocycles. The number of carbonyl (C=O) groups excluding carboxylic acids is 1. The Bertz CT molecular complexity index is 274. The van der Waals surface area contributed by atoms with Crippen LogP contribution in [0.15, 0.2) is 0 Å². The number of methoxy groups -OCH3 is 1. The molecule has 0 aromatic heterocycles. The fraction of sp³-hybridized carbons (Fsp3) is 0.933. The highest BCUT2D eigenvalue weighted by atomic mass is 16.5. The maximum Gasteiger partial charge on any atom is 0.224 e. The molecule has 1 aliphatic carbocycles. The van der Waals surface area contributed by atoms with Gasteiger partial charge in [-0.05, 0) is 38.0 Å². The van der Waals surface area contributed by atoms with E-state index in [0.717, 1.165) is 38.7 Å². The van der Waals surface area contributed by atoms with Gasteiger partial charge in [-0.1, -0.05) is 6.92 Å². The zero-order valence-electron chi connectivity index (χ0n) is 12.9. The van der Waals surface area contributed by atoms with Gasteiger partial charge in [-0.3, -0.25) is 4.79 Å². The topological polar surface area (TPSA) is 73.6 Å². The minimum atomic E-state index is -0.00305. The summed E-state index contributed by atoms with van der Waals surface area (Å²) >= 11 is 0. The van der Waals surface area contributed by atoms with Gasteiger partial charge in [0.1, 0.15) is 0 Å². The average Bonchev–Trinajstić information content (AvgIpc) is 2.44. The van der Waals surface area contributed by atoms with Crippen molar-refractivity contribution in [2.75, 3.05) is 33.5 Å². The number of ether oxygens (including phenoxy) is 2. The largest absolute Gasteiger partial charge is 0.382 e. The van der Waals surface area contributed by atoms with Crippen LogP contribution < -0.4 is 11.1 Å². The molecule has 1 rings (SSSR count). The summed E-state index contributed by atoms with van der Waals surface area (Å²) in [6.45, 7) is 4.90. The molecule has 0 spiro atoms. The number of hydrogen-bond acceptors (Lipinski definition) is 4. The molecule has 1 fully saturated rings. The van der Waals surface area contributed by atoms with E-state index in [0.29, 0.717) is 25.7 Å². The molecule has 0 heterocycles. The Morgan fingerprint density at radius 1 is 1.25 bits per heavy atom. The van der Waals surface area contributed by atoms with Crippen molar-refractivity contribution in [3.05, 3.63) is 0 Å². The summed E-state index contributed by atoms with van der Waals surface area (Å²) in [7, 11) is 1.66. The Labute approximate surface area is 122 Å². The van der Waals surface area contributed by atoms with Gasteiger partial charge in [0.15, 0.2) is 0 Å². The van der Waals surface area contributed by atoms with Crippen molar-refractivity contribution in [3.63, 3.8) is 0 Å². The third-order valence-corrected chi connectivity index (χ3v) is 3.95. The molecule has 0 aromatic carbocycles. The number of carbonyl (C=O) groups is 1. The highest BCUT2D eigenvalue weighted by Gasteiger charge is 2.31. The van der Waals surface area contributed by atoms with Gasteiger partial charge in [0.25, 0.3) is 0 Å². The molecule has 0 bridgehead atoms. The van der Waals surface area contributed by atoms with E-state index in [1.807, 2.05) is 0 Å². The summed E-state index contributed by atoms with van der Waals surface area (Å²) in [5.41, 5.74) is 6.05. The molecule has 0 aliphatic heterocycles. The second-order valence-corrected chi connectivity index (χ2v) is 5.79. The van der Waals surface area contributed by atoms with Crippen molar-refractivity contribution in [2.24, 2.45) is 17.6 Å². The fourth-order valence-corrected chi connectivity index (χ4v) is 2.62. The zero-order valence-corrected chi connectivity index (χ0v) is 12.9. The first-order valence-electron chi connectivity index (χ1n) is 7.75. The van der Waals surface area contributed by atoms with E-state index in [-0.39, 0.29) is 17.9 Å². The van der Waals surface area contributed by atoms with Crippen LogP contribution in [0.5, 0.6) is 0 Å². The second-order valence-electron chi connectivity index (χ2n) is 5.79. The number of amides is 1. The molecule has 3 unspecified atom stereocenters. The molecular weight excluding hydrogens is 256 g/mol. The SMILES string of the molecule is COCCOCCCCNC(=O)C1CC(C)CCC1N. The second kappa shape index (κ2) is 10.1. The number of unbranched alkanes of at least 4 members (excludes halogenated alkanes) is 1. The molecule has 3 N–H and O–H groups in total. The van der Waals surface area contributed by atoms with E-state index in [4.69, 9.17) is 15.2 Å². The van der Waals surface area contributed by atoms with Crippen molar-refractivity contribution in [1.29, 1.82) is 0 Å². The van der Waals surface area contributed by atoms with Crippen LogP contribution in [-0.4, -0.2) is 45.4 Å². The van der Waals surface area contributed by atoms with Crippen LogP contribution in [-0.2, 0) is 14.3 Å². The Balaban J connectivity index is 2.04. The van der Waals surface area contributed by atoms with Gasteiger partial charge >= 0.3 is 0 Å². The molecule has 5 nitrogen and oxygen atoms in total. The van der Waals surface area contributed by atoms with Crippen LogP contribution in [0.3, 0.4) is 0 Å². The fourth-order valence-electron chi connectivity index (χ4n) is 2.62. The van der Waals surface area contributed by atoms with Crippen molar-refractivity contribution in [3.8, 4) is 0 Å². The number of hydrogen-bond donors (Lipinski definition) is 2. The molecule has 118 valence electrons. The van der Waals surface area contributed by atoms with E-state index >= 15 is 0 Å². The molecule has 3 atom stereocenters. The number of nitrogens with one attached hydrogen (secondary N) is 1. The molecule has 0 aromatic rings. The minimum Gasteiger partial charge on any atom is -0.382 e. The first kappa shape index (κ1) is 17.4. The normalized spacial score (nSPS) is 26.4. The number of nitrogens with two attached hydrogens (primary N) is 1. The molecule has 0 radical (unpaired) electrons.